The quantitative estimate of drug-likeness (QED) is 0.567. The Balaban J connectivity index is 2.86. The highest BCUT2D eigenvalue weighted by molar-refractivity contribution is 7.00. The van der Waals surface area contributed by atoms with Crippen LogP contribution in [0.1, 0.15) is 0 Å². The first kappa shape index (κ1) is 6.00. The second kappa shape index (κ2) is 2.14. The van der Waals surface area contributed by atoms with Gasteiger partial charge in [0.2, 0.25) is 0 Å². The van der Waals surface area contributed by atoms with Crippen molar-refractivity contribution in [3.63, 3.8) is 0 Å². The lowest BCUT2D eigenvalue weighted by atomic mass is 10.4. The van der Waals surface area contributed by atoms with Crippen LogP contribution in [-0.2, 0) is 0 Å². The Morgan fingerprint density at radius 3 is 3.10 bits per heavy atom. The van der Waals surface area contributed by atoms with Gasteiger partial charge in [-0.2, -0.15) is 8.75 Å². The van der Waals surface area contributed by atoms with Gasteiger partial charge in [0.05, 0.1) is 11.7 Å². The third-order valence-electron chi connectivity index (χ3n) is 1.09. The summed E-state index contributed by atoms with van der Waals surface area (Å²) < 4.78 is 7.88. The van der Waals surface area contributed by atoms with Crippen molar-refractivity contribution in [2.75, 3.05) is 0 Å². The van der Waals surface area contributed by atoms with Crippen LogP contribution in [-0.4, -0.2) is 13.7 Å². The fourth-order valence-corrected chi connectivity index (χ4v) is 1.29. The smallest absolute Gasteiger partial charge is 0.194 e. The molecule has 0 saturated heterocycles. The summed E-state index contributed by atoms with van der Waals surface area (Å²) in [6.45, 7) is 0. The molecule has 3 nitrogen and oxygen atoms in total. The number of rotatable bonds is 0. The van der Waals surface area contributed by atoms with E-state index in [0.29, 0.717) is 10.8 Å². The van der Waals surface area contributed by atoms with E-state index in [1.165, 1.54) is 0 Å². The van der Waals surface area contributed by atoms with Crippen molar-refractivity contribution in [3.05, 3.63) is 17.3 Å². The number of pyridine rings is 1. The van der Waals surface area contributed by atoms with Gasteiger partial charge in [0.1, 0.15) is 10.7 Å². The summed E-state index contributed by atoms with van der Waals surface area (Å²) in [6.07, 6.45) is 0. The van der Waals surface area contributed by atoms with E-state index in [2.05, 4.69) is 13.7 Å². The minimum Gasteiger partial charge on any atom is -0.214 e. The largest absolute Gasteiger partial charge is 0.214 e. The highest BCUT2D eigenvalue weighted by Gasteiger charge is 1.97. The number of fused-ring (bicyclic) bond motifs is 1. The maximum atomic E-state index is 5.60. The maximum absolute atomic E-state index is 5.60. The van der Waals surface area contributed by atoms with Crippen LogP contribution in [0.2, 0.25) is 5.15 Å². The van der Waals surface area contributed by atoms with Gasteiger partial charge in [-0.05, 0) is 12.1 Å². The molecule has 2 aromatic heterocycles. The van der Waals surface area contributed by atoms with E-state index < -0.39 is 0 Å². The summed E-state index contributed by atoms with van der Waals surface area (Å²) in [6, 6.07) is 3.50. The Morgan fingerprint density at radius 1 is 1.30 bits per heavy atom. The molecule has 0 amide bonds. The summed E-state index contributed by atoms with van der Waals surface area (Å²) in [5.41, 5.74) is 1.42. The Labute approximate surface area is 66.0 Å². The Hall–Kier alpha value is -0.740. The molecule has 0 radical (unpaired) electrons. The molecule has 0 aliphatic rings. The molecule has 50 valence electrons. The van der Waals surface area contributed by atoms with Crippen molar-refractivity contribution < 1.29 is 0 Å². The summed E-state index contributed by atoms with van der Waals surface area (Å²) in [7, 11) is 0. The molecule has 0 unspecified atom stereocenters. The molecular weight excluding hydrogens is 170 g/mol. The van der Waals surface area contributed by atoms with Gasteiger partial charge in [0.25, 0.3) is 0 Å². The Kier molecular flexibility index (Phi) is 1.28. The molecular formula is C5H2ClN3S. The van der Waals surface area contributed by atoms with Crippen LogP contribution in [0, 0.1) is 0 Å². The number of hydrogen-bond acceptors (Lipinski definition) is 4. The third kappa shape index (κ3) is 0.853. The van der Waals surface area contributed by atoms with Crippen molar-refractivity contribution in [1.29, 1.82) is 0 Å². The number of hydrogen-bond donors (Lipinski definition) is 0. The van der Waals surface area contributed by atoms with Gasteiger partial charge in [0.15, 0.2) is 5.65 Å². The lowest BCUT2D eigenvalue weighted by Gasteiger charge is -1.84. The van der Waals surface area contributed by atoms with E-state index in [9.17, 15) is 0 Å². The molecule has 0 aliphatic heterocycles. The molecule has 0 aromatic carbocycles. The van der Waals surface area contributed by atoms with Gasteiger partial charge in [-0.15, -0.1) is 0 Å². The van der Waals surface area contributed by atoms with Crippen LogP contribution in [0.5, 0.6) is 0 Å². The number of aromatic nitrogens is 3. The zero-order valence-corrected chi connectivity index (χ0v) is 6.35. The van der Waals surface area contributed by atoms with Crippen LogP contribution in [0.4, 0.5) is 0 Å². The van der Waals surface area contributed by atoms with Gasteiger partial charge >= 0.3 is 0 Å². The van der Waals surface area contributed by atoms with Crippen LogP contribution in [0.3, 0.4) is 0 Å². The standard InChI is InChI=1S/C5H2ClN3S/c6-4-2-1-3-5(7-4)9-10-8-3/h1-2H. The lowest BCUT2D eigenvalue weighted by Crippen LogP contribution is -1.75. The second-order valence-corrected chi connectivity index (χ2v) is 2.66. The van der Waals surface area contributed by atoms with Crippen molar-refractivity contribution in [3.8, 4) is 0 Å². The van der Waals surface area contributed by atoms with Gasteiger partial charge in [-0.1, -0.05) is 11.6 Å². The first-order valence-corrected chi connectivity index (χ1v) is 3.72. The summed E-state index contributed by atoms with van der Waals surface area (Å²) in [5, 5.41) is 0.459. The fraction of sp³-hybridized carbons (Fsp3) is 0. The highest BCUT2D eigenvalue weighted by Crippen LogP contribution is 2.11. The monoisotopic (exact) mass is 171 g/mol. The van der Waals surface area contributed by atoms with Gasteiger partial charge in [0, 0.05) is 0 Å². The van der Waals surface area contributed by atoms with Gasteiger partial charge < -0.3 is 0 Å². The highest BCUT2D eigenvalue weighted by atomic mass is 35.5. The summed E-state index contributed by atoms with van der Waals surface area (Å²) >= 11 is 6.74. The summed E-state index contributed by atoms with van der Waals surface area (Å²) in [4.78, 5) is 3.94. The van der Waals surface area contributed by atoms with E-state index in [0.717, 1.165) is 17.2 Å². The third-order valence-corrected chi connectivity index (χ3v) is 1.83. The molecule has 0 spiro atoms. The van der Waals surface area contributed by atoms with Gasteiger partial charge in [-0.3, -0.25) is 0 Å². The molecule has 5 heteroatoms. The van der Waals surface area contributed by atoms with E-state index in [1.54, 1.807) is 12.1 Å². The molecule has 0 saturated carbocycles. The predicted octanol–water partition coefficient (Wildman–Crippen LogP) is 1.74. The van der Waals surface area contributed by atoms with E-state index in [-0.39, 0.29) is 0 Å². The number of nitrogens with zero attached hydrogens (tertiary/aromatic N) is 3. The van der Waals surface area contributed by atoms with E-state index >= 15 is 0 Å². The van der Waals surface area contributed by atoms with E-state index in [4.69, 9.17) is 11.6 Å². The summed E-state index contributed by atoms with van der Waals surface area (Å²) in [5.74, 6) is 0. The van der Waals surface area contributed by atoms with Crippen LogP contribution >= 0.6 is 23.3 Å². The molecule has 10 heavy (non-hydrogen) atoms. The molecule has 2 heterocycles. The first-order valence-electron chi connectivity index (χ1n) is 2.61. The van der Waals surface area contributed by atoms with Crippen molar-refractivity contribution in [2.24, 2.45) is 0 Å². The minimum absolute atomic E-state index is 0.459. The molecule has 0 N–H and O–H groups in total. The number of halogens is 1. The average Bonchev–Trinajstić information content (AvgIpc) is 2.33. The van der Waals surface area contributed by atoms with Crippen LogP contribution in [0.25, 0.3) is 11.2 Å². The zero-order valence-electron chi connectivity index (χ0n) is 4.78. The van der Waals surface area contributed by atoms with Gasteiger partial charge in [-0.25, -0.2) is 4.98 Å². The molecule has 0 aliphatic carbocycles. The zero-order chi connectivity index (χ0) is 6.97. The van der Waals surface area contributed by atoms with Crippen LogP contribution in [0.15, 0.2) is 12.1 Å². The Morgan fingerprint density at radius 2 is 2.20 bits per heavy atom. The maximum Gasteiger partial charge on any atom is 0.194 e. The lowest BCUT2D eigenvalue weighted by molar-refractivity contribution is 1.36. The van der Waals surface area contributed by atoms with Crippen molar-refractivity contribution >= 4 is 34.5 Å². The first-order chi connectivity index (χ1) is 4.86. The molecule has 0 fully saturated rings. The Bertz CT molecular complexity index is 358. The predicted molar refractivity (Wildman–Crippen MR) is 40.2 cm³/mol. The molecule has 0 atom stereocenters. The molecule has 0 bridgehead atoms. The average molecular weight is 172 g/mol. The van der Waals surface area contributed by atoms with E-state index in [1.807, 2.05) is 0 Å². The molecule has 2 rings (SSSR count). The SMILES string of the molecule is Clc1ccc2nsnc2n1. The fourth-order valence-electron chi connectivity index (χ4n) is 0.659. The van der Waals surface area contributed by atoms with Crippen molar-refractivity contribution in [2.45, 2.75) is 0 Å². The van der Waals surface area contributed by atoms with Crippen molar-refractivity contribution in [1.82, 2.24) is 13.7 Å². The normalized spacial score (nSPS) is 10.5. The van der Waals surface area contributed by atoms with Crippen LogP contribution < -0.4 is 0 Å². The topological polar surface area (TPSA) is 38.7 Å². The second-order valence-electron chi connectivity index (χ2n) is 1.74. The minimum atomic E-state index is 0.459. The molecule has 2 aromatic rings.